The van der Waals surface area contributed by atoms with Crippen LogP contribution in [0.4, 0.5) is 17.3 Å². The summed E-state index contributed by atoms with van der Waals surface area (Å²) in [7, 11) is 1.56. The van der Waals surface area contributed by atoms with Gasteiger partial charge in [0.05, 0.1) is 12.3 Å². The number of fused-ring (bicyclic) bond motifs is 3. The lowest BCUT2D eigenvalue weighted by molar-refractivity contribution is 0.0962. The van der Waals surface area contributed by atoms with Gasteiger partial charge in [-0.05, 0) is 55.0 Å². The summed E-state index contributed by atoms with van der Waals surface area (Å²) < 4.78 is 3.38. The molecule has 0 bridgehead atoms. The summed E-state index contributed by atoms with van der Waals surface area (Å²) in [6, 6.07) is 7.04. The van der Waals surface area contributed by atoms with Crippen LogP contribution in [-0.2, 0) is 33.0 Å². The molecule has 39 heavy (non-hydrogen) atoms. The molecule has 0 unspecified atom stereocenters. The van der Waals surface area contributed by atoms with Crippen LogP contribution in [0.1, 0.15) is 47.0 Å². The number of hydrogen-bond acceptors (Lipinski definition) is 8. The minimum absolute atomic E-state index is 0.136. The van der Waals surface area contributed by atoms with Gasteiger partial charge in [0.2, 0.25) is 0 Å². The number of aliphatic hydroxyl groups excluding tert-OH is 1. The summed E-state index contributed by atoms with van der Waals surface area (Å²) >= 11 is 0. The zero-order chi connectivity index (χ0) is 27.5. The average molecular weight is 527 g/mol. The molecule has 11 heteroatoms. The van der Waals surface area contributed by atoms with Crippen molar-refractivity contribution in [3.05, 3.63) is 75.4 Å². The smallest absolute Gasteiger partial charge is 0.290 e. The Morgan fingerprint density at radius 2 is 1.87 bits per heavy atom. The van der Waals surface area contributed by atoms with Gasteiger partial charge in [-0.2, -0.15) is 5.10 Å². The third-order valence-corrected chi connectivity index (χ3v) is 7.45. The summed E-state index contributed by atoms with van der Waals surface area (Å²) in [6.45, 7) is 7.02. The van der Waals surface area contributed by atoms with Crippen LogP contribution in [0.2, 0.25) is 0 Å². The average Bonchev–Trinajstić information content (AvgIpc) is 3.38. The van der Waals surface area contributed by atoms with E-state index >= 15 is 0 Å². The molecule has 200 valence electrons. The molecule has 0 radical (unpaired) electrons. The number of aromatic nitrogens is 6. The summed E-state index contributed by atoms with van der Waals surface area (Å²) in [4.78, 5) is 41.1. The Hall–Kier alpha value is -4.38. The van der Waals surface area contributed by atoms with E-state index in [1.807, 2.05) is 6.07 Å². The lowest BCUT2D eigenvalue weighted by Gasteiger charge is -2.30. The second kappa shape index (κ2) is 9.12. The SMILES string of the molecule is Cc1nccc(Nc2cc(-c3ccnc(N4CCn5c(cc6c5CC(C)(C)C6)C4=O)c3CO)nn(C)c2=O)n1. The molecule has 0 saturated carbocycles. The Bertz CT molecular complexity index is 1690. The normalized spacial score (nSPS) is 15.8. The first-order valence-electron chi connectivity index (χ1n) is 12.9. The first-order chi connectivity index (χ1) is 18.6. The van der Waals surface area contributed by atoms with E-state index in [-0.39, 0.29) is 29.2 Å². The van der Waals surface area contributed by atoms with E-state index in [0.29, 0.717) is 53.1 Å². The summed E-state index contributed by atoms with van der Waals surface area (Å²) in [5.41, 5.74) is 4.79. The van der Waals surface area contributed by atoms with E-state index < -0.39 is 0 Å². The highest BCUT2D eigenvalue weighted by Crippen LogP contribution is 2.40. The minimum Gasteiger partial charge on any atom is -0.392 e. The van der Waals surface area contributed by atoms with E-state index in [9.17, 15) is 14.7 Å². The maximum atomic E-state index is 13.7. The molecule has 0 aromatic carbocycles. The fraction of sp³-hybridized carbons (Fsp3) is 0.357. The number of aliphatic hydroxyl groups is 1. The van der Waals surface area contributed by atoms with Gasteiger partial charge in [0.25, 0.3) is 11.5 Å². The van der Waals surface area contributed by atoms with E-state index in [2.05, 4.69) is 43.8 Å². The second-order valence-corrected chi connectivity index (χ2v) is 10.9. The molecule has 0 spiro atoms. The van der Waals surface area contributed by atoms with Crippen LogP contribution < -0.4 is 15.8 Å². The number of hydrogen-bond donors (Lipinski definition) is 2. The van der Waals surface area contributed by atoms with Gasteiger partial charge in [-0.1, -0.05) is 13.8 Å². The zero-order valence-corrected chi connectivity index (χ0v) is 22.4. The van der Waals surface area contributed by atoms with Crippen LogP contribution in [0.3, 0.4) is 0 Å². The fourth-order valence-corrected chi connectivity index (χ4v) is 5.72. The molecule has 2 N–H and O–H groups in total. The lowest BCUT2D eigenvalue weighted by Crippen LogP contribution is -2.41. The highest BCUT2D eigenvalue weighted by Gasteiger charge is 2.37. The van der Waals surface area contributed by atoms with Gasteiger partial charge in [-0.15, -0.1) is 0 Å². The van der Waals surface area contributed by atoms with Crippen molar-refractivity contribution in [2.24, 2.45) is 12.5 Å². The summed E-state index contributed by atoms with van der Waals surface area (Å²) in [6.07, 6.45) is 5.11. The van der Waals surface area contributed by atoms with Crippen molar-refractivity contribution >= 4 is 23.2 Å². The lowest BCUT2D eigenvalue weighted by atomic mass is 9.90. The van der Waals surface area contributed by atoms with Crippen LogP contribution in [0.25, 0.3) is 11.3 Å². The van der Waals surface area contributed by atoms with E-state index in [1.54, 1.807) is 49.5 Å². The van der Waals surface area contributed by atoms with E-state index in [1.165, 1.54) is 15.9 Å². The van der Waals surface area contributed by atoms with Gasteiger partial charge < -0.3 is 15.0 Å². The van der Waals surface area contributed by atoms with Gasteiger partial charge in [-0.3, -0.25) is 14.5 Å². The largest absolute Gasteiger partial charge is 0.392 e. The molecule has 0 atom stereocenters. The summed E-state index contributed by atoms with van der Waals surface area (Å²) in [5, 5.41) is 18.0. The van der Waals surface area contributed by atoms with Crippen molar-refractivity contribution in [2.75, 3.05) is 16.8 Å². The van der Waals surface area contributed by atoms with E-state index in [4.69, 9.17) is 0 Å². The Labute approximate surface area is 225 Å². The fourth-order valence-electron chi connectivity index (χ4n) is 5.72. The molecule has 5 heterocycles. The molecule has 0 fully saturated rings. The van der Waals surface area contributed by atoms with E-state index in [0.717, 1.165) is 12.8 Å². The minimum atomic E-state index is -0.355. The number of nitrogens with zero attached hydrogens (tertiary/aromatic N) is 7. The molecule has 6 rings (SSSR count). The van der Waals surface area contributed by atoms with Crippen molar-refractivity contribution < 1.29 is 9.90 Å². The molecular formula is C28H30N8O3. The van der Waals surface area contributed by atoms with Crippen molar-refractivity contribution in [2.45, 2.75) is 46.8 Å². The molecule has 1 aliphatic heterocycles. The predicted octanol–water partition coefficient (Wildman–Crippen LogP) is 2.76. The number of anilines is 3. The Morgan fingerprint density at radius 3 is 2.64 bits per heavy atom. The topological polar surface area (TPSA) is 131 Å². The highest BCUT2D eigenvalue weighted by atomic mass is 16.3. The molecule has 4 aromatic rings. The van der Waals surface area contributed by atoms with Crippen LogP contribution >= 0.6 is 0 Å². The molecule has 1 aliphatic carbocycles. The quantitative estimate of drug-likeness (QED) is 0.406. The third-order valence-electron chi connectivity index (χ3n) is 7.45. The second-order valence-electron chi connectivity index (χ2n) is 10.9. The monoisotopic (exact) mass is 526 g/mol. The number of carbonyl (C=O) groups is 1. The first kappa shape index (κ1) is 24.9. The highest BCUT2D eigenvalue weighted by molar-refractivity contribution is 6.06. The predicted molar refractivity (Wildman–Crippen MR) is 146 cm³/mol. The van der Waals surface area contributed by atoms with Gasteiger partial charge in [0.1, 0.15) is 28.8 Å². The molecule has 1 amide bonds. The van der Waals surface area contributed by atoms with Crippen molar-refractivity contribution in [3.8, 4) is 11.3 Å². The molecule has 2 aliphatic rings. The molecular weight excluding hydrogens is 496 g/mol. The maximum absolute atomic E-state index is 13.7. The first-order valence-corrected chi connectivity index (χ1v) is 12.9. The number of carbonyl (C=O) groups excluding carboxylic acids is 1. The third kappa shape index (κ3) is 4.28. The molecule has 11 nitrogen and oxygen atoms in total. The van der Waals surface area contributed by atoms with Crippen molar-refractivity contribution in [1.82, 2.24) is 29.3 Å². The van der Waals surface area contributed by atoms with Crippen LogP contribution in [0.15, 0.2) is 41.5 Å². The number of pyridine rings is 1. The zero-order valence-electron chi connectivity index (χ0n) is 22.4. The Balaban J connectivity index is 1.38. The van der Waals surface area contributed by atoms with Gasteiger partial charge in [0.15, 0.2) is 0 Å². The number of nitrogens with one attached hydrogen (secondary N) is 1. The maximum Gasteiger partial charge on any atom is 0.290 e. The summed E-state index contributed by atoms with van der Waals surface area (Å²) in [5.74, 6) is 1.30. The Kier molecular flexibility index (Phi) is 5.83. The van der Waals surface area contributed by atoms with Gasteiger partial charge in [-0.25, -0.2) is 19.6 Å². The van der Waals surface area contributed by atoms with Crippen molar-refractivity contribution in [3.63, 3.8) is 0 Å². The standard InChI is InChI=1S/C28H30N8O3/c1-16-29-8-6-24(31-16)32-21-12-20(33-34(4)26(21)38)18-5-7-30-25(19(18)15-37)36-10-9-35-22(27(36)39)11-17-13-28(2,3)14-23(17)35/h5-8,11-12,37H,9-10,13-15H2,1-4H3,(H,29,31,32). The van der Waals surface area contributed by atoms with Gasteiger partial charge >= 0.3 is 0 Å². The van der Waals surface area contributed by atoms with Gasteiger partial charge in [0, 0.05) is 49.4 Å². The number of aryl methyl sites for hydroxylation is 2. The van der Waals surface area contributed by atoms with Crippen molar-refractivity contribution in [1.29, 1.82) is 0 Å². The van der Waals surface area contributed by atoms with Crippen LogP contribution in [0.5, 0.6) is 0 Å². The number of amides is 1. The van der Waals surface area contributed by atoms with Crippen LogP contribution in [0, 0.1) is 12.3 Å². The Morgan fingerprint density at radius 1 is 1.08 bits per heavy atom. The molecule has 4 aromatic heterocycles. The molecule has 0 saturated heterocycles. The van der Waals surface area contributed by atoms with Crippen LogP contribution in [-0.4, -0.2) is 46.9 Å². The number of rotatable bonds is 5.